The van der Waals surface area contributed by atoms with Crippen LogP contribution in [0.25, 0.3) is 0 Å². The van der Waals surface area contributed by atoms with Crippen LogP contribution in [-0.2, 0) is 19.0 Å². The summed E-state index contributed by atoms with van der Waals surface area (Å²) in [5.41, 5.74) is 0.334. The summed E-state index contributed by atoms with van der Waals surface area (Å²) in [6.07, 6.45) is 7.58. The monoisotopic (exact) mass is 556 g/mol. The third kappa shape index (κ3) is 4.78. The molecule has 4 rings (SSSR count). The highest BCUT2D eigenvalue weighted by atomic mass is 79.9. The Balaban J connectivity index is 1.50. The van der Waals surface area contributed by atoms with Gasteiger partial charge in [-0.1, -0.05) is 36.7 Å². The second-order valence-electron chi connectivity index (χ2n) is 12.4. The number of aliphatic hydroxyl groups excluding tert-OH is 1. The van der Waals surface area contributed by atoms with E-state index in [-0.39, 0.29) is 33.6 Å². The Labute approximate surface area is 219 Å². The van der Waals surface area contributed by atoms with Gasteiger partial charge in [0.25, 0.3) is 0 Å². The molecule has 0 spiro atoms. The molecule has 35 heavy (non-hydrogen) atoms. The molecule has 0 heterocycles. The number of rotatable bonds is 6. The molecule has 4 aliphatic carbocycles. The highest BCUT2D eigenvalue weighted by Gasteiger charge is 2.65. The number of hydrogen-bond acceptors (Lipinski definition) is 6. The maximum Gasteiger partial charge on any atom is 0.508 e. The molecule has 0 radical (unpaired) electrons. The molecular formula is C28H45BrO6. The molecule has 0 aromatic heterocycles. The first-order chi connectivity index (χ1) is 16.6. The Hall–Kier alpha value is -0.820. The highest BCUT2D eigenvalue weighted by Crippen LogP contribution is 2.69. The molecule has 11 atom stereocenters. The normalized spacial score (nSPS) is 45.5. The van der Waals surface area contributed by atoms with Crippen LogP contribution in [0.5, 0.6) is 0 Å². The Morgan fingerprint density at radius 2 is 1.74 bits per heavy atom. The van der Waals surface area contributed by atoms with E-state index in [9.17, 15) is 14.7 Å². The zero-order valence-corrected chi connectivity index (χ0v) is 23.7. The van der Waals surface area contributed by atoms with E-state index in [2.05, 4.69) is 36.7 Å². The third-order valence-corrected chi connectivity index (χ3v) is 12.2. The van der Waals surface area contributed by atoms with Crippen LogP contribution in [0, 0.1) is 46.3 Å². The van der Waals surface area contributed by atoms with Gasteiger partial charge in [-0.05, 0) is 105 Å². The summed E-state index contributed by atoms with van der Waals surface area (Å²) >= 11 is 3.95. The van der Waals surface area contributed by atoms with Gasteiger partial charge in [0.2, 0.25) is 0 Å². The number of carbonyl (C=O) groups excluding carboxylic acids is 2. The van der Waals surface area contributed by atoms with E-state index in [4.69, 9.17) is 14.2 Å². The smallest absolute Gasteiger partial charge is 0.469 e. The first-order valence-corrected chi connectivity index (χ1v) is 14.7. The molecule has 0 amide bonds. The maximum absolute atomic E-state index is 11.9. The number of methoxy groups -OCH3 is 1. The second kappa shape index (κ2) is 10.5. The quantitative estimate of drug-likeness (QED) is 0.313. The Morgan fingerprint density at radius 1 is 1.06 bits per heavy atom. The molecule has 0 aromatic rings. The predicted molar refractivity (Wildman–Crippen MR) is 137 cm³/mol. The van der Waals surface area contributed by atoms with Gasteiger partial charge in [-0.3, -0.25) is 4.79 Å². The van der Waals surface area contributed by atoms with Gasteiger partial charge in [0.1, 0.15) is 6.10 Å². The van der Waals surface area contributed by atoms with Crippen LogP contribution in [0.2, 0.25) is 0 Å². The van der Waals surface area contributed by atoms with Crippen molar-refractivity contribution in [2.75, 3.05) is 13.7 Å². The Kier molecular flexibility index (Phi) is 8.17. The molecule has 4 fully saturated rings. The van der Waals surface area contributed by atoms with Crippen LogP contribution in [0.3, 0.4) is 0 Å². The Bertz CT molecular complexity index is 789. The summed E-state index contributed by atoms with van der Waals surface area (Å²) in [7, 11) is 1.46. The van der Waals surface area contributed by atoms with E-state index in [0.29, 0.717) is 42.6 Å². The minimum atomic E-state index is -0.576. The summed E-state index contributed by atoms with van der Waals surface area (Å²) in [6.45, 7) is 9.31. The number of aliphatic hydroxyl groups is 1. The molecule has 1 N–H and O–H groups in total. The van der Waals surface area contributed by atoms with Crippen molar-refractivity contribution in [1.82, 2.24) is 0 Å². The largest absolute Gasteiger partial charge is 0.508 e. The molecule has 6 nitrogen and oxygen atoms in total. The van der Waals surface area contributed by atoms with Gasteiger partial charge in [-0.15, -0.1) is 0 Å². The van der Waals surface area contributed by atoms with Gasteiger partial charge in [0.15, 0.2) is 0 Å². The number of esters is 1. The molecule has 4 aliphatic rings. The van der Waals surface area contributed by atoms with Crippen LogP contribution in [0.1, 0.15) is 85.5 Å². The predicted octanol–water partition coefficient (Wildman–Crippen LogP) is 6.12. The number of carbonyl (C=O) groups is 2. The number of alkyl halides is 1. The summed E-state index contributed by atoms with van der Waals surface area (Å²) < 4.78 is 15.5. The van der Waals surface area contributed by atoms with Crippen molar-refractivity contribution in [2.24, 2.45) is 46.3 Å². The van der Waals surface area contributed by atoms with Gasteiger partial charge >= 0.3 is 12.1 Å². The minimum Gasteiger partial charge on any atom is -0.469 e. The lowest BCUT2D eigenvalue weighted by Crippen LogP contribution is -2.63. The van der Waals surface area contributed by atoms with Crippen molar-refractivity contribution in [3.8, 4) is 0 Å². The first kappa shape index (κ1) is 27.2. The standard InChI is InChI=1S/C28H45BrO6/c1-6-34-26(32)35-17-11-13-28(4)20-12-14-27(3)18(16(2)7-10-22(30)33-5)8-9-19(27)23(20)25(31)24(29)21(28)15-17/h16-21,23-25,31H,6-15H2,1-5H3/t16-,17-,18-,19+,20+,21+,23+,24-,25+,27-,28-/m1/s1. The van der Waals surface area contributed by atoms with Crippen LogP contribution in [0.15, 0.2) is 0 Å². The molecule has 0 unspecified atom stereocenters. The zero-order valence-electron chi connectivity index (χ0n) is 22.1. The summed E-state index contributed by atoms with van der Waals surface area (Å²) in [6, 6.07) is 0. The van der Waals surface area contributed by atoms with Crippen molar-refractivity contribution in [3.63, 3.8) is 0 Å². The van der Waals surface area contributed by atoms with Crippen molar-refractivity contribution in [3.05, 3.63) is 0 Å². The van der Waals surface area contributed by atoms with Crippen molar-refractivity contribution in [1.29, 1.82) is 0 Å². The lowest BCUT2D eigenvalue weighted by molar-refractivity contribution is -0.170. The number of fused-ring (bicyclic) bond motifs is 5. The topological polar surface area (TPSA) is 82.1 Å². The van der Waals surface area contributed by atoms with Gasteiger partial charge in [-0.2, -0.15) is 0 Å². The fourth-order valence-corrected chi connectivity index (χ4v) is 10.4. The molecule has 0 saturated heterocycles. The fourth-order valence-electron chi connectivity index (χ4n) is 9.19. The zero-order chi connectivity index (χ0) is 25.5. The molecule has 0 bridgehead atoms. The van der Waals surface area contributed by atoms with Gasteiger partial charge in [0.05, 0.1) is 19.8 Å². The molecule has 7 heteroatoms. The van der Waals surface area contributed by atoms with E-state index in [1.165, 1.54) is 20.0 Å². The average Bonchev–Trinajstić information content (AvgIpc) is 3.18. The van der Waals surface area contributed by atoms with E-state index in [1.807, 2.05) is 0 Å². The lowest BCUT2D eigenvalue weighted by Gasteiger charge is -2.64. The molecule has 200 valence electrons. The minimum absolute atomic E-state index is 0.000457. The SMILES string of the molecule is CCOC(=O)O[C@@H]1CC[C@@]2(C)[C@@H](C1)[C@@H](Br)[C@@H](O)[C@@H]1[C@@H]2CC[C@]2(C)[C@@H]([C@H](C)CCC(=O)OC)CC[C@@H]12. The van der Waals surface area contributed by atoms with Crippen LogP contribution in [0.4, 0.5) is 4.79 Å². The van der Waals surface area contributed by atoms with Crippen LogP contribution < -0.4 is 0 Å². The molecular weight excluding hydrogens is 512 g/mol. The fraction of sp³-hybridized carbons (Fsp3) is 0.929. The Morgan fingerprint density at radius 3 is 2.43 bits per heavy atom. The van der Waals surface area contributed by atoms with Gasteiger partial charge in [-0.25, -0.2) is 4.79 Å². The van der Waals surface area contributed by atoms with Crippen molar-refractivity contribution in [2.45, 2.75) is 103 Å². The highest BCUT2D eigenvalue weighted by molar-refractivity contribution is 9.09. The molecule has 0 aromatic carbocycles. The van der Waals surface area contributed by atoms with E-state index >= 15 is 0 Å². The van der Waals surface area contributed by atoms with Crippen molar-refractivity contribution >= 4 is 28.1 Å². The van der Waals surface area contributed by atoms with Crippen LogP contribution >= 0.6 is 15.9 Å². The van der Waals surface area contributed by atoms with Gasteiger partial charge < -0.3 is 19.3 Å². The lowest BCUT2D eigenvalue weighted by atomic mass is 9.43. The van der Waals surface area contributed by atoms with E-state index in [1.54, 1.807) is 6.92 Å². The summed E-state index contributed by atoms with van der Waals surface area (Å²) in [5, 5.41) is 11.7. The van der Waals surface area contributed by atoms with Gasteiger partial charge in [0, 0.05) is 11.2 Å². The summed E-state index contributed by atoms with van der Waals surface area (Å²) in [5.74, 6) is 2.49. The number of hydrogen-bond donors (Lipinski definition) is 1. The molecule has 0 aliphatic heterocycles. The van der Waals surface area contributed by atoms with Crippen molar-refractivity contribution < 1.29 is 28.9 Å². The first-order valence-electron chi connectivity index (χ1n) is 13.8. The second-order valence-corrected chi connectivity index (χ2v) is 13.4. The maximum atomic E-state index is 11.9. The number of ether oxygens (including phenoxy) is 3. The third-order valence-electron chi connectivity index (χ3n) is 11.0. The molecule has 4 saturated carbocycles. The van der Waals surface area contributed by atoms with E-state index in [0.717, 1.165) is 38.5 Å². The van der Waals surface area contributed by atoms with E-state index < -0.39 is 12.3 Å². The van der Waals surface area contributed by atoms with Crippen LogP contribution in [-0.4, -0.2) is 48.0 Å². The number of halogens is 1. The average molecular weight is 558 g/mol. The summed E-state index contributed by atoms with van der Waals surface area (Å²) in [4.78, 5) is 23.7.